The van der Waals surface area contributed by atoms with E-state index in [1.165, 1.54) is 0 Å². The van der Waals surface area contributed by atoms with Crippen LogP contribution in [0.25, 0.3) is 0 Å². The van der Waals surface area contributed by atoms with Gasteiger partial charge in [0.25, 0.3) is 0 Å². The second-order valence-electron chi connectivity index (χ2n) is 9.49. The zero-order valence-corrected chi connectivity index (χ0v) is 21.6. The van der Waals surface area contributed by atoms with E-state index < -0.39 is 15.9 Å². The maximum Gasteiger partial charge on any atom is 0.338 e. The number of aromatic nitrogens is 2. The van der Waals surface area contributed by atoms with Crippen molar-refractivity contribution in [3.05, 3.63) is 34.4 Å². The SMILES string of the molecule is Cc1c([C@@H](O)CN2CCC3(CC2)CCN(c2nnc(S(C)(=O)=O)s2)C3)ccc2c1COC2=O.Cl. The van der Waals surface area contributed by atoms with E-state index in [9.17, 15) is 18.3 Å². The number of hydrogen-bond donors (Lipinski definition) is 1. The molecular weight excluding hydrogens is 500 g/mol. The van der Waals surface area contributed by atoms with Crippen molar-refractivity contribution >= 4 is 44.7 Å². The molecule has 3 aliphatic heterocycles. The molecule has 1 N–H and O–H groups in total. The van der Waals surface area contributed by atoms with Gasteiger partial charge in [0.2, 0.25) is 19.3 Å². The van der Waals surface area contributed by atoms with Crippen molar-refractivity contribution in [2.45, 2.75) is 43.2 Å². The molecule has 2 aromatic rings. The number of fused-ring (bicyclic) bond motifs is 1. The maximum absolute atomic E-state index is 11.8. The summed E-state index contributed by atoms with van der Waals surface area (Å²) in [4.78, 5) is 16.2. The summed E-state index contributed by atoms with van der Waals surface area (Å²) in [5.41, 5.74) is 3.48. The van der Waals surface area contributed by atoms with Crippen molar-refractivity contribution in [2.75, 3.05) is 43.9 Å². The van der Waals surface area contributed by atoms with Gasteiger partial charge in [0.05, 0.1) is 11.7 Å². The minimum atomic E-state index is -3.33. The van der Waals surface area contributed by atoms with E-state index in [1.807, 2.05) is 13.0 Å². The number of nitrogens with zero attached hydrogens (tertiary/aromatic N) is 4. The number of β-amino-alcohol motifs (C(OH)–C–C–N with tert-alkyl or cyclic N) is 1. The number of piperidine rings is 1. The van der Waals surface area contributed by atoms with Crippen LogP contribution in [0.5, 0.6) is 0 Å². The quantitative estimate of drug-likeness (QED) is 0.584. The van der Waals surface area contributed by atoms with E-state index in [1.54, 1.807) is 6.07 Å². The number of likely N-dealkylation sites (tertiary alicyclic amines) is 1. The first-order chi connectivity index (χ1) is 15.7. The van der Waals surface area contributed by atoms with Gasteiger partial charge < -0.3 is 19.6 Å². The Balaban J connectivity index is 0.00000274. The fraction of sp³-hybridized carbons (Fsp3) is 0.591. The third kappa shape index (κ3) is 4.68. The lowest BCUT2D eigenvalue weighted by Gasteiger charge is -2.40. The van der Waals surface area contributed by atoms with Crippen LogP contribution in [-0.4, -0.2) is 73.6 Å². The summed E-state index contributed by atoms with van der Waals surface area (Å²) in [7, 11) is -3.33. The number of ether oxygens (including phenoxy) is 1. The van der Waals surface area contributed by atoms with Gasteiger partial charge in [-0.3, -0.25) is 0 Å². The summed E-state index contributed by atoms with van der Waals surface area (Å²) >= 11 is 1.14. The first-order valence-corrected chi connectivity index (χ1v) is 13.8. The summed E-state index contributed by atoms with van der Waals surface area (Å²) in [5, 5.41) is 19.6. The summed E-state index contributed by atoms with van der Waals surface area (Å²) < 4.78 is 28.6. The van der Waals surface area contributed by atoms with Crippen molar-refractivity contribution in [1.82, 2.24) is 15.1 Å². The molecule has 0 amide bonds. The molecule has 34 heavy (non-hydrogen) atoms. The van der Waals surface area contributed by atoms with Gasteiger partial charge in [-0.1, -0.05) is 17.4 Å². The summed E-state index contributed by atoms with van der Waals surface area (Å²) in [6.07, 6.45) is 3.65. The normalized spacial score (nSPS) is 20.8. The van der Waals surface area contributed by atoms with E-state index in [0.717, 1.165) is 79.7 Å². The van der Waals surface area contributed by atoms with E-state index >= 15 is 0 Å². The second kappa shape index (κ2) is 9.34. The molecule has 0 unspecified atom stereocenters. The topological polar surface area (TPSA) is 113 Å². The highest BCUT2D eigenvalue weighted by molar-refractivity contribution is 7.92. The number of halogens is 1. The Morgan fingerprint density at radius 3 is 2.59 bits per heavy atom. The maximum atomic E-state index is 11.8. The number of carbonyl (C=O) groups is 1. The van der Waals surface area contributed by atoms with Gasteiger partial charge in [-0.2, -0.15) is 0 Å². The number of anilines is 1. The molecule has 0 saturated carbocycles. The van der Waals surface area contributed by atoms with E-state index in [2.05, 4.69) is 20.0 Å². The number of sulfone groups is 1. The number of carbonyl (C=O) groups excluding carboxylic acids is 1. The lowest BCUT2D eigenvalue weighted by molar-refractivity contribution is 0.0534. The molecule has 9 nitrogen and oxygen atoms in total. The van der Waals surface area contributed by atoms with Gasteiger partial charge in [0.15, 0.2) is 0 Å². The van der Waals surface area contributed by atoms with Crippen LogP contribution >= 0.6 is 23.7 Å². The van der Waals surface area contributed by atoms with E-state index in [0.29, 0.717) is 17.2 Å². The number of cyclic esters (lactones) is 1. The molecule has 186 valence electrons. The Hall–Kier alpha value is -1.79. The van der Waals surface area contributed by atoms with Crippen LogP contribution in [0.4, 0.5) is 5.13 Å². The lowest BCUT2D eigenvalue weighted by atomic mass is 9.77. The van der Waals surface area contributed by atoms with Gasteiger partial charge >= 0.3 is 5.97 Å². The monoisotopic (exact) mass is 528 g/mol. The van der Waals surface area contributed by atoms with E-state index in [-0.39, 0.29) is 34.7 Å². The van der Waals surface area contributed by atoms with Crippen LogP contribution in [0, 0.1) is 12.3 Å². The highest BCUT2D eigenvalue weighted by Crippen LogP contribution is 2.43. The number of benzene rings is 1. The van der Waals surface area contributed by atoms with Crippen molar-refractivity contribution in [2.24, 2.45) is 5.41 Å². The van der Waals surface area contributed by atoms with Crippen LogP contribution in [-0.2, 0) is 21.2 Å². The molecular formula is C22H29ClN4O5S2. The summed E-state index contributed by atoms with van der Waals surface area (Å²) in [5.74, 6) is -0.290. The largest absolute Gasteiger partial charge is 0.457 e. The molecule has 1 aromatic heterocycles. The molecule has 2 fully saturated rings. The predicted molar refractivity (Wildman–Crippen MR) is 130 cm³/mol. The zero-order chi connectivity index (χ0) is 23.4. The second-order valence-corrected chi connectivity index (χ2v) is 12.6. The molecule has 2 saturated heterocycles. The number of esters is 1. The Bertz CT molecular complexity index is 1190. The fourth-order valence-electron chi connectivity index (χ4n) is 5.27. The Morgan fingerprint density at radius 2 is 1.91 bits per heavy atom. The predicted octanol–water partition coefficient (Wildman–Crippen LogP) is 2.37. The summed E-state index contributed by atoms with van der Waals surface area (Å²) in [6, 6.07) is 3.61. The van der Waals surface area contributed by atoms with Crippen molar-refractivity contribution in [3.8, 4) is 0 Å². The Kier molecular flexibility index (Phi) is 6.96. The molecule has 1 aromatic carbocycles. The Labute approximate surface area is 209 Å². The molecule has 1 atom stereocenters. The lowest BCUT2D eigenvalue weighted by Crippen LogP contribution is -2.43. The minimum absolute atomic E-state index is 0. The van der Waals surface area contributed by atoms with Crippen LogP contribution in [0.1, 0.15) is 52.4 Å². The molecule has 12 heteroatoms. The number of aliphatic hydroxyl groups excluding tert-OH is 1. The average molecular weight is 529 g/mol. The van der Waals surface area contributed by atoms with Crippen molar-refractivity contribution < 1.29 is 23.1 Å². The van der Waals surface area contributed by atoms with Gasteiger partial charge in [-0.25, -0.2) is 13.2 Å². The Morgan fingerprint density at radius 1 is 1.21 bits per heavy atom. The van der Waals surface area contributed by atoms with Gasteiger partial charge in [0.1, 0.15) is 6.61 Å². The van der Waals surface area contributed by atoms with Crippen molar-refractivity contribution in [1.29, 1.82) is 0 Å². The zero-order valence-electron chi connectivity index (χ0n) is 19.2. The molecule has 5 rings (SSSR count). The number of rotatable bonds is 5. The fourth-order valence-corrected chi connectivity index (χ4v) is 6.89. The van der Waals surface area contributed by atoms with Gasteiger partial charge in [0, 0.05) is 31.5 Å². The average Bonchev–Trinajstić information content (AvgIpc) is 3.49. The van der Waals surface area contributed by atoms with Gasteiger partial charge in [-0.15, -0.1) is 22.6 Å². The standard InChI is InChI=1S/C22H28N4O5S2.ClH/c1-14-15(3-4-16-17(14)12-31-19(16)28)18(27)11-25-8-5-22(6-9-25)7-10-26(13-22)20-23-24-21(32-20)33(2,29)30;/h3-4,18,27H,5-13H2,1-2H3;1H/t18-;/m0./s1. The van der Waals surface area contributed by atoms with Crippen molar-refractivity contribution in [3.63, 3.8) is 0 Å². The molecule has 0 aliphatic carbocycles. The van der Waals surface area contributed by atoms with Crippen LogP contribution in [0.15, 0.2) is 16.5 Å². The smallest absolute Gasteiger partial charge is 0.338 e. The molecule has 3 aliphatic rings. The minimum Gasteiger partial charge on any atom is -0.457 e. The van der Waals surface area contributed by atoms with E-state index in [4.69, 9.17) is 4.74 Å². The number of hydrogen-bond acceptors (Lipinski definition) is 10. The molecule has 4 heterocycles. The summed E-state index contributed by atoms with van der Waals surface area (Å²) in [6.45, 7) is 6.31. The highest BCUT2D eigenvalue weighted by atomic mass is 35.5. The third-order valence-corrected chi connectivity index (χ3v) is 9.99. The number of aliphatic hydroxyl groups is 1. The molecule has 1 spiro atoms. The highest BCUT2D eigenvalue weighted by Gasteiger charge is 2.42. The van der Waals surface area contributed by atoms with Crippen LogP contribution < -0.4 is 4.90 Å². The third-order valence-electron chi connectivity index (χ3n) is 7.34. The van der Waals surface area contributed by atoms with Gasteiger partial charge in [-0.05, 0) is 61.9 Å². The molecule has 0 bridgehead atoms. The molecule has 0 radical (unpaired) electrons. The van der Waals surface area contributed by atoms with Crippen LogP contribution in [0.2, 0.25) is 0 Å². The van der Waals surface area contributed by atoms with Crippen LogP contribution in [0.3, 0.4) is 0 Å². The first kappa shape index (κ1) is 25.3. The first-order valence-electron chi connectivity index (χ1n) is 11.1.